The number of benzene rings is 9. The molecule has 1 spiro atoms. The Balaban J connectivity index is 1.04. The summed E-state index contributed by atoms with van der Waals surface area (Å²) >= 11 is 0. The fourth-order valence-corrected chi connectivity index (χ4v) is 12.8. The highest BCUT2D eigenvalue weighted by molar-refractivity contribution is 5.96. The zero-order valence-electron chi connectivity index (χ0n) is 35.2. The quantitative estimate of drug-likeness (QED) is 0.177. The zero-order valence-corrected chi connectivity index (χ0v) is 35.2. The number of ether oxygens (including phenoxy) is 2. The normalized spacial score (nSPS) is 21.0. The summed E-state index contributed by atoms with van der Waals surface area (Å²) in [6.45, 7) is 0. The first-order valence-electron chi connectivity index (χ1n) is 22.8. The van der Waals surface area contributed by atoms with Crippen molar-refractivity contribution >= 4 is 17.1 Å². The second kappa shape index (κ2) is 13.7. The van der Waals surface area contributed by atoms with Crippen molar-refractivity contribution in [1.82, 2.24) is 0 Å². The fraction of sp³-hybridized carbons (Fsp3) is 0.115. The molecule has 14 rings (SSSR count). The van der Waals surface area contributed by atoms with E-state index in [1.165, 1.54) is 50.1 Å². The number of anilines is 3. The van der Waals surface area contributed by atoms with E-state index in [-0.39, 0.29) is 17.9 Å². The summed E-state index contributed by atoms with van der Waals surface area (Å²) in [5, 5.41) is 0. The molecule has 64 heavy (non-hydrogen) atoms. The summed E-state index contributed by atoms with van der Waals surface area (Å²) in [7, 11) is 0. The van der Waals surface area contributed by atoms with Crippen LogP contribution in [0.2, 0.25) is 0 Å². The zero-order chi connectivity index (χ0) is 41.9. The average Bonchev–Trinajstić information content (AvgIpc) is 3.80. The molecule has 3 nitrogen and oxygen atoms in total. The fourth-order valence-electron chi connectivity index (χ4n) is 12.8. The Bertz CT molecular complexity index is 3350. The molecule has 1 saturated carbocycles. The molecule has 0 aromatic heterocycles. The van der Waals surface area contributed by atoms with E-state index in [9.17, 15) is 0 Å². The van der Waals surface area contributed by atoms with Crippen molar-refractivity contribution in [2.45, 2.75) is 36.2 Å². The lowest BCUT2D eigenvalue weighted by molar-refractivity contribution is 0.0922. The van der Waals surface area contributed by atoms with Crippen molar-refractivity contribution in [2.75, 3.05) is 4.90 Å². The molecule has 0 amide bonds. The highest BCUT2D eigenvalue weighted by atomic mass is 16.5. The standard InChI is InChI=1S/C61H43NO2/c1-2-16-38(17-3-1)62(39-30-32-43-46-21-8-13-27-56(46)63-57-28-14-10-23-48(57)51(43)36-39)40-31-33-45-42-19-5-4-18-41(42)44-20-6-11-25-52(44)61(55(45)37-40)53-26-12-7-24-50(53)59-54(61)35-34-49-47-22-9-15-29-58(47)64-60(49)59/h1-33,36-37,49,54,59-60H,34-35H2. The Labute approximate surface area is 373 Å². The molecule has 9 aromatic carbocycles. The maximum atomic E-state index is 7.15. The van der Waals surface area contributed by atoms with Crippen LogP contribution in [0, 0.1) is 5.92 Å². The SMILES string of the molecule is c1ccc(N(c2ccc3c(c2)-c2ccccc2Oc2ccccc2-3)c2ccc3c(c2)C2(c4ccccc4-c4ccccc4-3)c3ccccc3C3C4Oc5ccccc5C4CCC32)cc1. The molecular formula is C61H43NO2. The van der Waals surface area contributed by atoms with Gasteiger partial charge >= 0.3 is 0 Å². The molecule has 0 saturated heterocycles. The number of hydrogen-bond acceptors (Lipinski definition) is 3. The van der Waals surface area contributed by atoms with Crippen molar-refractivity contribution in [1.29, 1.82) is 0 Å². The molecule has 9 aromatic rings. The molecule has 5 aliphatic rings. The van der Waals surface area contributed by atoms with Crippen molar-refractivity contribution in [2.24, 2.45) is 5.92 Å². The summed E-state index contributed by atoms with van der Waals surface area (Å²) in [6.07, 6.45) is 2.24. The number of hydrogen-bond donors (Lipinski definition) is 0. The Morgan fingerprint density at radius 1 is 0.375 bits per heavy atom. The number of nitrogens with zero attached hydrogens (tertiary/aromatic N) is 1. The lowest BCUT2D eigenvalue weighted by Crippen LogP contribution is -2.43. The Kier molecular flexibility index (Phi) is 7.68. The van der Waals surface area contributed by atoms with Gasteiger partial charge in [-0.3, -0.25) is 0 Å². The van der Waals surface area contributed by atoms with Crippen LogP contribution in [0.3, 0.4) is 0 Å². The second-order valence-electron chi connectivity index (χ2n) is 18.1. The van der Waals surface area contributed by atoms with E-state index in [1.54, 1.807) is 0 Å². The lowest BCUT2D eigenvalue weighted by Gasteiger charge is -2.45. The predicted molar refractivity (Wildman–Crippen MR) is 258 cm³/mol. The van der Waals surface area contributed by atoms with Gasteiger partial charge in [-0.1, -0.05) is 158 Å². The van der Waals surface area contributed by atoms with E-state index in [4.69, 9.17) is 9.47 Å². The molecule has 0 radical (unpaired) electrons. The molecule has 1 fully saturated rings. The number of para-hydroxylation sites is 4. The maximum absolute atomic E-state index is 7.15. The molecule has 2 aliphatic heterocycles. The monoisotopic (exact) mass is 821 g/mol. The first-order chi connectivity index (χ1) is 31.8. The number of fused-ring (bicyclic) bond motifs is 21. The van der Waals surface area contributed by atoms with Crippen LogP contribution >= 0.6 is 0 Å². The van der Waals surface area contributed by atoms with Crippen molar-refractivity contribution in [3.05, 3.63) is 240 Å². The van der Waals surface area contributed by atoms with Gasteiger partial charge in [-0.2, -0.15) is 0 Å². The molecule has 5 atom stereocenters. The van der Waals surface area contributed by atoms with E-state index in [1.807, 2.05) is 0 Å². The smallest absolute Gasteiger partial charge is 0.135 e. The van der Waals surface area contributed by atoms with Crippen molar-refractivity contribution in [3.63, 3.8) is 0 Å². The van der Waals surface area contributed by atoms with Gasteiger partial charge in [0.2, 0.25) is 0 Å². The molecule has 2 heterocycles. The Morgan fingerprint density at radius 2 is 0.906 bits per heavy atom. The summed E-state index contributed by atoms with van der Waals surface area (Å²) < 4.78 is 13.8. The van der Waals surface area contributed by atoms with Gasteiger partial charge in [-0.15, -0.1) is 0 Å². The van der Waals surface area contributed by atoms with E-state index >= 15 is 0 Å². The van der Waals surface area contributed by atoms with Gasteiger partial charge in [0.15, 0.2) is 0 Å². The lowest BCUT2D eigenvalue weighted by atomic mass is 9.58. The van der Waals surface area contributed by atoms with Crippen LogP contribution in [0.15, 0.2) is 212 Å². The average molecular weight is 822 g/mol. The first kappa shape index (κ1) is 35.9. The van der Waals surface area contributed by atoms with Gasteiger partial charge in [0, 0.05) is 45.6 Å². The Hall–Kier alpha value is -7.62. The minimum absolute atomic E-state index is 0.0680. The second-order valence-corrected chi connectivity index (χ2v) is 18.1. The van der Waals surface area contributed by atoms with Gasteiger partial charge in [0.1, 0.15) is 23.4 Å². The maximum Gasteiger partial charge on any atom is 0.135 e. The summed E-state index contributed by atoms with van der Waals surface area (Å²) in [4.78, 5) is 2.46. The van der Waals surface area contributed by atoms with Crippen LogP contribution in [0.25, 0.3) is 44.5 Å². The van der Waals surface area contributed by atoms with E-state index < -0.39 is 5.41 Å². The number of rotatable bonds is 3. The molecular weight excluding hydrogens is 779 g/mol. The van der Waals surface area contributed by atoms with Gasteiger partial charge in [0.25, 0.3) is 0 Å². The first-order valence-corrected chi connectivity index (χ1v) is 22.8. The molecule has 304 valence electrons. The third kappa shape index (κ3) is 4.92. The Morgan fingerprint density at radius 3 is 1.66 bits per heavy atom. The van der Waals surface area contributed by atoms with Crippen LogP contribution in [-0.4, -0.2) is 6.10 Å². The minimum atomic E-state index is -0.457. The highest BCUT2D eigenvalue weighted by Gasteiger charge is 2.62. The van der Waals surface area contributed by atoms with Gasteiger partial charge in [-0.25, -0.2) is 0 Å². The summed E-state index contributed by atoms with van der Waals surface area (Å²) in [6, 6.07) is 78.7. The van der Waals surface area contributed by atoms with Crippen molar-refractivity contribution < 1.29 is 9.47 Å². The molecule has 0 bridgehead atoms. The molecule has 0 N–H and O–H groups in total. The van der Waals surface area contributed by atoms with E-state index in [0.717, 1.165) is 69.4 Å². The van der Waals surface area contributed by atoms with Crippen LogP contribution in [-0.2, 0) is 5.41 Å². The van der Waals surface area contributed by atoms with Crippen LogP contribution in [0.4, 0.5) is 17.1 Å². The van der Waals surface area contributed by atoms with Gasteiger partial charge < -0.3 is 14.4 Å². The van der Waals surface area contributed by atoms with Crippen LogP contribution in [0.1, 0.15) is 52.5 Å². The third-order valence-electron chi connectivity index (χ3n) is 15.3. The highest BCUT2D eigenvalue weighted by Crippen LogP contribution is 2.69. The minimum Gasteiger partial charge on any atom is -0.489 e. The summed E-state index contributed by atoms with van der Waals surface area (Å²) in [5.74, 6) is 3.64. The predicted octanol–water partition coefficient (Wildman–Crippen LogP) is 15.6. The van der Waals surface area contributed by atoms with Gasteiger partial charge in [0.05, 0.1) is 5.41 Å². The van der Waals surface area contributed by atoms with Crippen LogP contribution in [0.5, 0.6) is 17.2 Å². The third-order valence-corrected chi connectivity index (χ3v) is 15.3. The molecule has 5 unspecified atom stereocenters. The van der Waals surface area contributed by atoms with E-state index in [2.05, 4.69) is 217 Å². The van der Waals surface area contributed by atoms with Crippen molar-refractivity contribution in [3.8, 4) is 61.8 Å². The van der Waals surface area contributed by atoms with Crippen LogP contribution < -0.4 is 14.4 Å². The van der Waals surface area contributed by atoms with E-state index in [0.29, 0.717) is 5.92 Å². The molecule has 3 heteroatoms. The summed E-state index contributed by atoms with van der Waals surface area (Å²) in [5.41, 5.74) is 19.5. The molecule has 3 aliphatic carbocycles. The topological polar surface area (TPSA) is 21.7 Å². The van der Waals surface area contributed by atoms with Gasteiger partial charge in [-0.05, 0) is 129 Å². The largest absolute Gasteiger partial charge is 0.489 e.